The van der Waals surface area contributed by atoms with Gasteiger partial charge in [0.2, 0.25) is 0 Å². The van der Waals surface area contributed by atoms with Gasteiger partial charge in [-0.3, -0.25) is 0 Å². The van der Waals surface area contributed by atoms with Gasteiger partial charge in [-0.1, -0.05) is 18.2 Å². The van der Waals surface area contributed by atoms with Crippen LogP contribution in [0.1, 0.15) is 0 Å². The van der Waals surface area contributed by atoms with Crippen LogP contribution in [-0.4, -0.2) is 0 Å². The SMILES string of the molecule is [U+2].[c-]1ccccc1[S+](c1[c-]cccc1)c1ccccc1. The van der Waals surface area contributed by atoms with Crippen LogP contribution in [0.25, 0.3) is 0 Å². The van der Waals surface area contributed by atoms with Crippen LogP contribution >= 0.6 is 0 Å². The fraction of sp³-hybridized carbons (Fsp3) is 0. The zero-order chi connectivity index (χ0) is 12.9. The first-order valence-electron chi connectivity index (χ1n) is 6.18. The second-order valence-electron chi connectivity index (χ2n) is 4.07. The second kappa shape index (κ2) is 7.74. The molecule has 3 aromatic rings. The maximum atomic E-state index is 3.36. The van der Waals surface area contributed by atoms with Crippen molar-refractivity contribution in [2.45, 2.75) is 14.7 Å². The molecule has 0 aliphatic heterocycles. The summed E-state index contributed by atoms with van der Waals surface area (Å²) >= 11 is 0. The molecule has 0 atom stereocenters. The first-order chi connectivity index (χ1) is 9.45. The van der Waals surface area contributed by atoms with Crippen molar-refractivity contribution in [3.05, 3.63) is 91.0 Å². The monoisotopic (exact) mass is 499 g/mol. The molecule has 20 heavy (non-hydrogen) atoms. The van der Waals surface area contributed by atoms with E-state index in [9.17, 15) is 0 Å². The van der Waals surface area contributed by atoms with Crippen molar-refractivity contribution in [3.8, 4) is 0 Å². The van der Waals surface area contributed by atoms with Crippen LogP contribution in [-0.2, 0) is 10.9 Å². The van der Waals surface area contributed by atoms with Crippen molar-refractivity contribution < 1.29 is 31.1 Å². The van der Waals surface area contributed by atoms with Gasteiger partial charge in [0.15, 0.2) is 4.90 Å². The van der Waals surface area contributed by atoms with Gasteiger partial charge in [0.25, 0.3) is 0 Å². The van der Waals surface area contributed by atoms with E-state index in [0.717, 1.165) is 0 Å². The van der Waals surface area contributed by atoms with Gasteiger partial charge in [-0.2, -0.15) is 36.4 Å². The van der Waals surface area contributed by atoms with Crippen molar-refractivity contribution in [1.82, 2.24) is 0 Å². The van der Waals surface area contributed by atoms with E-state index in [2.05, 4.69) is 66.7 Å². The number of hydrogen-bond donors (Lipinski definition) is 0. The molecule has 0 unspecified atom stereocenters. The Morgan fingerprint density at radius 3 is 1.55 bits per heavy atom. The Kier molecular flexibility index (Phi) is 5.98. The predicted molar refractivity (Wildman–Crippen MR) is 79.2 cm³/mol. The number of benzene rings is 3. The summed E-state index contributed by atoms with van der Waals surface area (Å²) in [5.74, 6) is 0. The third kappa shape index (κ3) is 3.58. The van der Waals surface area contributed by atoms with Crippen LogP contribution in [0.2, 0.25) is 0 Å². The average Bonchev–Trinajstić information content (AvgIpc) is 2.51. The number of rotatable bonds is 3. The molecule has 0 saturated carbocycles. The fourth-order valence-corrected chi connectivity index (χ4v) is 3.91. The van der Waals surface area contributed by atoms with Gasteiger partial charge in [-0.25, -0.2) is 0 Å². The molecule has 0 radical (unpaired) electrons. The molecule has 0 aromatic heterocycles. The Morgan fingerprint density at radius 2 is 1.10 bits per heavy atom. The molecule has 94 valence electrons. The predicted octanol–water partition coefficient (Wildman–Crippen LogP) is 4.38. The van der Waals surface area contributed by atoms with Gasteiger partial charge in [-0.15, -0.1) is 24.3 Å². The molecule has 0 aliphatic rings. The maximum absolute atomic E-state index is 3.36. The zero-order valence-electron chi connectivity index (χ0n) is 10.9. The number of hydrogen-bond acceptors (Lipinski definition) is 0. The van der Waals surface area contributed by atoms with Crippen LogP contribution in [0.5, 0.6) is 0 Å². The Balaban J connectivity index is 0.00000147. The van der Waals surface area contributed by atoms with Gasteiger partial charge in [0.1, 0.15) is 0 Å². The second-order valence-corrected chi connectivity index (χ2v) is 6.04. The van der Waals surface area contributed by atoms with Crippen molar-refractivity contribution in [2.24, 2.45) is 0 Å². The maximum Gasteiger partial charge on any atom is 2.00 e. The topological polar surface area (TPSA) is 0 Å². The summed E-state index contributed by atoms with van der Waals surface area (Å²) in [5, 5.41) is 0. The molecule has 0 nitrogen and oxygen atoms in total. The average molecular weight is 499 g/mol. The minimum atomic E-state index is -0.126. The minimum Gasteiger partial charge on any atom is -0.172 e. The van der Waals surface area contributed by atoms with E-state index in [1.165, 1.54) is 14.7 Å². The van der Waals surface area contributed by atoms with Gasteiger partial charge in [0, 0.05) is 10.9 Å². The molecule has 2 heteroatoms. The van der Waals surface area contributed by atoms with E-state index in [-0.39, 0.29) is 42.0 Å². The van der Waals surface area contributed by atoms with Crippen molar-refractivity contribution in [2.75, 3.05) is 0 Å². The summed E-state index contributed by atoms with van der Waals surface area (Å²) in [7, 11) is -0.126. The molecule has 0 spiro atoms. The molecule has 3 rings (SSSR count). The molecule has 0 bridgehead atoms. The standard InChI is InChI=1S/C18H13S.U/c1-4-10-16(11-5-1)19(17-12-6-2-7-13-17)18-14-8-3-9-15-18;/h1-12,14H;/q-1;+2. The summed E-state index contributed by atoms with van der Waals surface area (Å²) in [6.45, 7) is 0. The molecule has 0 saturated heterocycles. The van der Waals surface area contributed by atoms with Gasteiger partial charge in [0.05, 0.1) is 9.79 Å². The van der Waals surface area contributed by atoms with Crippen molar-refractivity contribution in [1.29, 1.82) is 0 Å². The molecule has 0 heterocycles. The molecule has 3 aromatic carbocycles. The third-order valence-electron chi connectivity index (χ3n) is 2.78. The van der Waals surface area contributed by atoms with Crippen LogP contribution in [0.15, 0.2) is 93.5 Å². The van der Waals surface area contributed by atoms with Crippen molar-refractivity contribution >= 4 is 10.9 Å². The van der Waals surface area contributed by atoms with E-state index >= 15 is 0 Å². The molecule has 0 aliphatic carbocycles. The molecule has 0 fully saturated rings. The Labute approximate surface area is 147 Å². The van der Waals surface area contributed by atoms with E-state index in [4.69, 9.17) is 0 Å². The van der Waals surface area contributed by atoms with Gasteiger partial charge < -0.3 is 0 Å². The van der Waals surface area contributed by atoms with Crippen LogP contribution in [0.4, 0.5) is 0 Å². The van der Waals surface area contributed by atoms with E-state index in [0.29, 0.717) is 0 Å². The Bertz CT molecular complexity index is 529. The van der Waals surface area contributed by atoms with Crippen LogP contribution in [0, 0.1) is 43.2 Å². The Hall–Kier alpha value is -0.938. The quantitative estimate of drug-likeness (QED) is 0.371. The molecular weight excluding hydrogens is 486 g/mol. The third-order valence-corrected chi connectivity index (χ3v) is 4.91. The zero-order valence-corrected chi connectivity index (χ0v) is 15.9. The summed E-state index contributed by atoms with van der Waals surface area (Å²) in [4.78, 5) is 3.71. The molecular formula is C18H13SU+. The fourth-order valence-electron chi connectivity index (χ4n) is 1.94. The van der Waals surface area contributed by atoms with E-state index in [1.54, 1.807) is 0 Å². The Morgan fingerprint density at radius 1 is 0.600 bits per heavy atom. The summed E-state index contributed by atoms with van der Waals surface area (Å²) < 4.78 is 0. The minimum absolute atomic E-state index is 0. The molecule has 0 N–H and O–H groups in total. The van der Waals surface area contributed by atoms with Crippen LogP contribution in [0.3, 0.4) is 0 Å². The van der Waals surface area contributed by atoms with Crippen LogP contribution < -0.4 is 0 Å². The van der Waals surface area contributed by atoms with E-state index in [1.807, 2.05) is 24.3 Å². The van der Waals surface area contributed by atoms with Gasteiger partial charge >= 0.3 is 31.1 Å². The summed E-state index contributed by atoms with van der Waals surface area (Å²) in [6.07, 6.45) is 0. The molecule has 0 amide bonds. The summed E-state index contributed by atoms with van der Waals surface area (Å²) in [6, 6.07) is 33.6. The normalized spacial score (nSPS) is 10.1. The van der Waals surface area contributed by atoms with Gasteiger partial charge in [-0.05, 0) is 12.1 Å². The van der Waals surface area contributed by atoms with Crippen molar-refractivity contribution in [3.63, 3.8) is 0 Å². The van der Waals surface area contributed by atoms with E-state index < -0.39 is 0 Å². The first kappa shape index (κ1) is 15.5. The largest absolute Gasteiger partial charge is 2.00 e. The first-order valence-corrected chi connectivity index (χ1v) is 7.40. The summed E-state index contributed by atoms with van der Waals surface area (Å²) in [5.41, 5.74) is 0. The smallest absolute Gasteiger partial charge is 0.172 e.